The lowest BCUT2D eigenvalue weighted by Gasteiger charge is -2.18. The van der Waals surface area contributed by atoms with Gasteiger partial charge in [0.2, 0.25) is 17.7 Å². The Bertz CT molecular complexity index is 702. The summed E-state index contributed by atoms with van der Waals surface area (Å²) in [4.78, 5) is 40.0. The highest BCUT2D eigenvalue weighted by atomic mass is 16.2. The lowest BCUT2D eigenvalue weighted by atomic mass is 10.1. The molecule has 1 saturated heterocycles. The van der Waals surface area contributed by atoms with Gasteiger partial charge in [0, 0.05) is 37.8 Å². The Morgan fingerprint density at radius 1 is 1.26 bits per heavy atom. The van der Waals surface area contributed by atoms with Crippen molar-refractivity contribution in [3.63, 3.8) is 0 Å². The van der Waals surface area contributed by atoms with Crippen LogP contribution in [0.2, 0.25) is 0 Å². The second kappa shape index (κ2) is 9.50. The molecule has 0 radical (unpaired) electrons. The minimum atomic E-state index is -0.342. The molecule has 1 aromatic rings. The molecule has 1 atom stereocenters. The Labute approximate surface area is 161 Å². The van der Waals surface area contributed by atoms with Crippen molar-refractivity contribution in [3.05, 3.63) is 23.8 Å². The highest BCUT2D eigenvalue weighted by Gasteiger charge is 2.34. The molecule has 1 fully saturated rings. The summed E-state index contributed by atoms with van der Waals surface area (Å²) in [7, 11) is 4.00. The molecule has 1 aliphatic rings. The maximum absolute atomic E-state index is 12.7. The molecule has 1 unspecified atom stereocenters. The van der Waals surface area contributed by atoms with Crippen molar-refractivity contribution in [2.75, 3.05) is 44.4 Å². The van der Waals surface area contributed by atoms with E-state index in [1.165, 1.54) is 6.92 Å². The van der Waals surface area contributed by atoms with E-state index >= 15 is 0 Å². The van der Waals surface area contributed by atoms with Gasteiger partial charge in [0.15, 0.2) is 0 Å². The van der Waals surface area contributed by atoms with Gasteiger partial charge in [-0.3, -0.25) is 14.4 Å². The molecule has 2 N–H and O–H groups in total. The summed E-state index contributed by atoms with van der Waals surface area (Å²) in [5.41, 5.74) is 2.32. The first-order valence-electron chi connectivity index (χ1n) is 9.44. The summed E-state index contributed by atoms with van der Waals surface area (Å²) in [6.45, 7) is 5.51. The van der Waals surface area contributed by atoms with Crippen molar-refractivity contribution in [3.8, 4) is 0 Å². The topological polar surface area (TPSA) is 81.8 Å². The summed E-state index contributed by atoms with van der Waals surface area (Å²) in [6, 6.07) is 5.49. The minimum Gasteiger partial charge on any atom is -0.342 e. The van der Waals surface area contributed by atoms with Crippen LogP contribution in [0.1, 0.15) is 32.3 Å². The maximum atomic E-state index is 12.7. The molecule has 0 aliphatic carbocycles. The van der Waals surface area contributed by atoms with E-state index < -0.39 is 0 Å². The standard InChI is InChI=1S/C20H30N4O3/c1-5-15-7-8-17(21-14(2)25)12-18(15)22-20(27)16-11-19(26)24(13-16)10-6-9-23(3)4/h7-8,12,16H,5-6,9-11,13H2,1-4H3,(H,21,25)(H,22,27). The van der Waals surface area contributed by atoms with Gasteiger partial charge in [-0.2, -0.15) is 0 Å². The number of carbonyl (C=O) groups excluding carboxylic acids is 3. The number of hydrogen-bond donors (Lipinski definition) is 2. The van der Waals surface area contributed by atoms with Crippen LogP contribution >= 0.6 is 0 Å². The van der Waals surface area contributed by atoms with Crippen LogP contribution in [0, 0.1) is 5.92 Å². The largest absolute Gasteiger partial charge is 0.342 e. The fourth-order valence-electron chi connectivity index (χ4n) is 3.26. The predicted molar refractivity (Wildman–Crippen MR) is 107 cm³/mol. The molecular formula is C20H30N4O3. The van der Waals surface area contributed by atoms with Crippen molar-refractivity contribution in [2.45, 2.75) is 33.1 Å². The average molecular weight is 374 g/mol. The Hall–Kier alpha value is -2.41. The average Bonchev–Trinajstić information content (AvgIpc) is 2.95. The van der Waals surface area contributed by atoms with Crippen molar-refractivity contribution in [2.24, 2.45) is 5.92 Å². The van der Waals surface area contributed by atoms with Gasteiger partial charge in [-0.15, -0.1) is 0 Å². The van der Waals surface area contributed by atoms with E-state index in [2.05, 4.69) is 15.5 Å². The maximum Gasteiger partial charge on any atom is 0.229 e. The molecule has 2 rings (SSSR count). The van der Waals surface area contributed by atoms with E-state index in [0.29, 0.717) is 24.5 Å². The third-order valence-electron chi connectivity index (χ3n) is 4.69. The summed E-state index contributed by atoms with van der Waals surface area (Å²) in [6.07, 6.45) is 1.91. The Morgan fingerprint density at radius 2 is 2.00 bits per heavy atom. The molecule has 1 aliphatic heterocycles. The fraction of sp³-hybridized carbons (Fsp3) is 0.550. The number of likely N-dealkylation sites (tertiary alicyclic amines) is 1. The molecule has 0 bridgehead atoms. The van der Waals surface area contributed by atoms with Gasteiger partial charge in [0.1, 0.15) is 0 Å². The van der Waals surface area contributed by atoms with Gasteiger partial charge in [-0.1, -0.05) is 13.0 Å². The van der Waals surface area contributed by atoms with E-state index in [1.54, 1.807) is 11.0 Å². The molecule has 148 valence electrons. The monoisotopic (exact) mass is 374 g/mol. The number of aryl methyl sites for hydroxylation is 1. The molecule has 0 spiro atoms. The van der Waals surface area contributed by atoms with Crippen LogP contribution in [-0.4, -0.2) is 61.3 Å². The summed E-state index contributed by atoms with van der Waals surface area (Å²) >= 11 is 0. The number of rotatable bonds is 8. The van der Waals surface area contributed by atoms with E-state index in [0.717, 1.165) is 24.9 Å². The number of carbonyl (C=O) groups is 3. The third-order valence-corrected chi connectivity index (χ3v) is 4.69. The van der Waals surface area contributed by atoms with Gasteiger partial charge in [0.05, 0.1) is 5.92 Å². The second-order valence-corrected chi connectivity index (χ2v) is 7.29. The first-order chi connectivity index (χ1) is 12.8. The quantitative estimate of drug-likeness (QED) is 0.729. The van der Waals surface area contributed by atoms with Crippen LogP contribution in [0.3, 0.4) is 0 Å². The van der Waals surface area contributed by atoms with Gasteiger partial charge in [0.25, 0.3) is 0 Å². The van der Waals surface area contributed by atoms with Crippen LogP contribution < -0.4 is 10.6 Å². The second-order valence-electron chi connectivity index (χ2n) is 7.29. The van der Waals surface area contributed by atoms with Crippen LogP contribution in [0.25, 0.3) is 0 Å². The summed E-state index contributed by atoms with van der Waals surface area (Å²) in [5, 5.41) is 5.68. The van der Waals surface area contributed by atoms with Crippen molar-refractivity contribution in [1.29, 1.82) is 0 Å². The molecule has 1 aromatic carbocycles. The van der Waals surface area contributed by atoms with Gasteiger partial charge >= 0.3 is 0 Å². The molecule has 7 heteroatoms. The van der Waals surface area contributed by atoms with E-state index in [9.17, 15) is 14.4 Å². The van der Waals surface area contributed by atoms with E-state index in [1.807, 2.05) is 33.2 Å². The van der Waals surface area contributed by atoms with E-state index in [-0.39, 0.29) is 30.1 Å². The van der Waals surface area contributed by atoms with Crippen molar-refractivity contribution >= 4 is 29.1 Å². The zero-order valence-corrected chi connectivity index (χ0v) is 16.7. The van der Waals surface area contributed by atoms with Crippen LogP contribution in [0.5, 0.6) is 0 Å². The van der Waals surface area contributed by atoms with Gasteiger partial charge in [-0.05, 0) is 51.2 Å². The number of benzene rings is 1. The predicted octanol–water partition coefficient (Wildman–Crippen LogP) is 1.95. The molecule has 27 heavy (non-hydrogen) atoms. The van der Waals surface area contributed by atoms with Gasteiger partial charge in [-0.25, -0.2) is 0 Å². The first-order valence-corrected chi connectivity index (χ1v) is 9.44. The molecule has 1 heterocycles. The van der Waals surface area contributed by atoms with Gasteiger partial charge < -0.3 is 20.4 Å². The number of amides is 3. The first kappa shape index (κ1) is 20.9. The molecular weight excluding hydrogens is 344 g/mol. The number of nitrogens with zero attached hydrogens (tertiary/aromatic N) is 2. The van der Waals surface area contributed by atoms with Crippen LogP contribution in [0.15, 0.2) is 18.2 Å². The smallest absolute Gasteiger partial charge is 0.229 e. The Kier molecular flexibility index (Phi) is 7.36. The lowest BCUT2D eigenvalue weighted by molar-refractivity contribution is -0.128. The lowest BCUT2D eigenvalue weighted by Crippen LogP contribution is -2.30. The number of hydrogen-bond acceptors (Lipinski definition) is 4. The highest BCUT2D eigenvalue weighted by Crippen LogP contribution is 2.25. The highest BCUT2D eigenvalue weighted by molar-refractivity contribution is 5.98. The molecule has 0 aromatic heterocycles. The number of anilines is 2. The van der Waals surface area contributed by atoms with Crippen LogP contribution in [0.4, 0.5) is 11.4 Å². The molecule has 7 nitrogen and oxygen atoms in total. The normalized spacial score (nSPS) is 16.7. The van der Waals surface area contributed by atoms with Crippen LogP contribution in [-0.2, 0) is 20.8 Å². The third kappa shape index (κ3) is 6.06. The van der Waals surface area contributed by atoms with Crippen molar-refractivity contribution in [1.82, 2.24) is 9.80 Å². The Balaban J connectivity index is 2.00. The summed E-state index contributed by atoms with van der Waals surface area (Å²) < 4.78 is 0. The van der Waals surface area contributed by atoms with Crippen molar-refractivity contribution < 1.29 is 14.4 Å². The van der Waals surface area contributed by atoms with E-state index in [4.69, 9.17) is 0 Å². The molecule has 3 amide bonds. The number of nitrogens with one attached hydrogen (secondary N) is 2. The zero-order valence-electron chi connectivity index (χ0n) is 16.7. The molecule has 0 saturated carbocycles. The SMILES string of the molecule is CCc1ccc(NC(C)=O)cc1NC(=O)C1CC(=O)N(CCCN(C)C)C1. The Morgan fingerprint density at radius 3 is 2.63 bits per heavy atom. The minimum absolute atomic E-state index is 0.0385. The fourth-order valence-corrected chi connectivity index (χ4v) is 3.26. The summed E-state index contributed by atoms with van der Waals surface area (Å²) in [5.74, 6) is -0.609. The zero-order chi connectivity index (χ0) is 20.0.